The molecule has 5 aromatic heterocycles. The quantitative estimate of drug-likeness (QED) is 0.164. The van der Waals surface area contributed by atoms with Gasteiger partial charge in [-0.3, -0.25) is 15.1 Å². The fourth-order valence-corrected chi connectivity index (χ4v) is 3.10. The Balaban J connectivity index is -0.0000000464. The zero-order chi connectivity index (χ0) is 53.3. The number of thiophene rings is 1. The van der Waals surface area contributed by atoms with Gasteiger partial charge in [0.2, 0.25) is 0 Å². The molecular formula is C57H112N6S. The lowest BCUT2D eigenvalue weighted by molar-refractivity contribution is 1.09. The highest BCUT2D eigenvalue weighted by molar-refractivity contribution is 7.07. The van der Waals surface area contributed by atoms with Crippen LogP contribution >= 0.6 is 11.3 Å². The normalized spacial score (nSPS) is 6.59. The molecule has 0 aliphatic heterocycles. The zero-order valence-corrected chi connectivity index (χ0v) is 49.1. The van der Waals surface area contributed by atoms with Crippen LogP contribution in [0.3, 0.4) is 0 Å². The molecule has 1 N–H and O–H groups in total. The zero-order valence-electron chi connectivity index (χ0n) is 48.3. The van der Waals surface area contributed by atoms with Crippen LogP contribution in [-0.4, -0.2) is 30.1 Å². The Hall–Kier alpha value is -4.49. The smallest absolute Gasteiger partial charge is 0.115 e. The number of hydrogen-bond acceptors (Lipinski definition) is 6. The highest BCUT2D eigenvalue weighted by atomic mass is 32.1. The highest BCUT2D eigenvalue weighted by Gasteiger charge is 1.77. The van der Waals surface area contributed by atoms with Crippen LogP contribution in [0.25, 0.3) is 0 Å². The molecule has 0 atom stereocenters. The number of H-pyrrole nitrogens is 1. The number of hydrogen-bond donors (Lipinski definition) is 1. The van der Waals surface area contributed by atoms with Gasteiger partial charge in [-0.05, 0) is 104 Å². The Morgan fingerprint density at radius 2 is 0.719 bits per heavy atom. The number of rotatable bonds is 0. The van der Waals surface area contributed by atoms with E-state index in [0.717, 1.165) is 5.56 Å². The van der Waals surface area contributed by atoms with E-state index in [-0.39, 0.29) is 0 Å². The fourth-order valence-electron chi connectivity index (χ4n) is 2.43. The SMILES string of the molecule is CC.CC.CC.CC.CC.CC.CC.CC.CC.CC.CC.CC.Cc1ccccc1.Cc1cccnc1.Cc1ccncc1.Cc1ccsc1.Cc1cn[nH]c1.Cc1cncnc1. The van der Waals surface area contributed by atoms with Gasteiger partial charge in [-0.25, -0.2) is 9.97 Å². The van der Waals surface area contributed by atoms with Gasteiger partial charge in [-0.15, -0.1) is 0 Å². The minimum absolute atomic E-state index is 1.10. The number of aromatic amines is 1. The number of nitrogens with zero attached hydrogens (tertiary/aromatic N) is 5. The van der Waals surface area contributed by atoms with Crippen LogP contribution < -0.4 is 0 Å². The summed E-state index contributed by atoms with van der Waals surface area (Å²) in [7, 11) is 0. The molecule has 6 aromatic rings. The topological polar surface area (TPSA) is 80.2 Å². The largest absolute Gasteiger partial charge is 0.285 e. The second-order valence-corrected chi connectivity index (χ2v) is 9.48. The van der Waals surface area contributed by atoms with Crippen LogP contribution in [0, 0.1) is 41.5 Å². The Labute approximate surface area is 408 Å². The summed E-state index contributed by atoms with van der Waals surface area (Å²) in [5.74, 6) is 0. The Kier molecular flexibility index (Phi) is 158. The summed E-state index contributed by atoms with van der Waals surface area (Å²) in [5.41, 5.74) is 7.43. The average molecular weight is 914 g/mol. The maximum atomic E-state index is 3.88. The molecule has 0 amide bonds. The summed E-state index contributed by atoms with van der Waals surface area (Å²) in [5, 5.41) is 10.6. The van der Waals surface area contributed by atoms with Crippen molar-refractivity contribution >= 4 is 11.3 Å². The van der Waals surface area contributed by atoms with E-state index in [1.807, 2.05) is 249 Å². The van der Waals surface area contributed by atoms with E-state index in [4.69, 9.17) is 0 Å². The molecule has 0 saturated carbocycles. The predicted molar refractivity (Wildman–Crippen MR) is 304 cm³/mol. The van der Waals surface area contributed by atoms with E-state index < -0.39 is 0 Å². The van der Waals surface area contributed by atoms with Gasteiger partial charge in [0.05, 0.1) is 6.20 Å². The highest BCUT2D eigenvalue weighted by Crippen LogP contribution is 2.01. The fraction of sp³-hybridized carbons (Fsp3) is 0.526. The second kappa shape index (κ2) is 112. The predicted octanol–water partition coefficient (Wildman–Crippen LogP) is 20.6. The molecule has 7 heteroatoms. The number of nitrogens with one attached hydrogen (secondary N) is 1. The summed E-state index contributed by atoms with van der Waals surface area (Å²) in [6.07, 6.45) is 15.9. The molecule has 64 heavy (non-hydrogen) atoms. The standard InChI is InChI=1S/C7H8.2C6H7N.C5H6N2.C5H6S.C4H6N2.12C2H6/c1-7-5-3-2-4-6-7;1-6-2-4-7-5-3-6;1-6-3-2-4-7-5-6;1-5-2-6-4-7-3-5;1-5-2-3-6-4-5;1-4-2-5-6-3-4;12*1-2/h2-6H,1H3;2*2-5H,1H3;2-4H,1H3;2-4H,1H3;2-3H,1H3,(H,5,6);12*1-2H3. The Morgan fingerprint density at radius 3 is 0.875 bits per heavy atom. The average Bonchev–Trinajstić information content (AvgIpc) is 4.11. The number of pyridine rings is 2. The van der Waals surface area contributed by atoms with Crippen molar-refractivity contribution in [3.8, 4) is 0 Å². The summed E-state index contributed by atoms with van der Waals surface area (Å²) < 4.78 is 0. The van der Waals surface area contributed by atoms with Gasteiger partial charge < -0.3 is 0 Å². The molecule has 0 unspecified atom stereocenters. The van der Waals surface area contributed by atoms with Crippen LogP contribution in [-0.2, 0) is 0 Å². The first-order valence-corrected chi connectivity index (χ1v) is 25.7. The first-order chi connectivity index (χ1) is 31.4. The van der Waals surface area contributed by atoms with Crippen molar-refractivity contribution in [1.29, 1.82) is 0 Å². The van der Waals surface area contributed by atoms with E-state index in [2.05, 4.69) is 72.9 Å². The van der Waals surface area contributed by atoms with Crippen molar-refractivity contribution in [3.63, 3.8) is 0 Å². The van der Waals surface area contributed by atoms with Crippen molar-refractivity contribution in [2.75, 3.05) is 0 Å². The van der Waals surface area contributed by atoms with Gasteiger partial charge in [-0.1, -0.05) is 208 Å². The van der Waals surface area contributed by atoms with E-state index in [1.54, 1.807) is 48.5 Å². The molecule has 0 fully saturated rings. The molecule has 6 nitrogen and oxygen atoms in total. The molecule has 0 bridgehead atoms. The summed E-state index contributed by atoms with van der Waals surface area (Å²) in [6, 6.07) is 20.3. The van der Waals surface area contributed by atoms with E-state index in [9.17, 15) is 0 Å². The lowest BCUT2D eigenvalue weighted by Gasteiger charge is -1.82. The molecule has 0 aliphatic rings. The van der Waals surface area contributed by atoms with Gasteiger partial charge in [0, 0.05) is 43.4 Å². The van der Waals surface area contributed by atoms with E-state index in [0.29, 0.717) is 0 Å². The van der Waals surface area contributed by atoms with Crippen molar-refractivity contribution in [1.82, 2.24) is 30.1 Å². The first-order valence-electron chi connectivity index (χ1n) is 24.8. The number of aryl methyl sites for hydroxylation is 6. The third-order valence-electron chi connectivity index (χ3n) is 4.58. The van der Waals surface area contributed by atoms with Crippen LogP contribution in [0.2, 0.25) is 0 Å². The van der Waals surface area contributed by atoms with Gasteiger partial charge >= 0.3 is 0 Å². The molecule has 0 radical (unpaired) electrons. The second-order valence-electron chi connectivity index (χ2n) is 8.70. The van der Waals surface area contributed by atoms with E-state index in [1.165, 1.54) is 34.1 Å². The molecular weight excluding hydrogens is 801 g/mol. The van der Waals surface area contributed by atoms with Crippen molar-refractivity contribution < 1.29 is 0 Å². The van der Waals surface area contributed by atoms with Gasteiger partial charge in [0.25, 0.3) is 0 Å². The van der Waals surface area contributed by atoms with Crippen molar-refractivity contribution in [3.05, 3.63) is 161 Å². The molecule has 376 valence electrons. The molecule has 0 saturated heterocycles. The minimum Gasteiger partial charge on any atom is -0.285 e. The maximum Gasteiger partial charge on any atom is 0.115 e. The first kappa shape index (κ1) is 90.3. The van der Waals surface area contributed by atoms with Gasteiger partial charge in [0.1, 0.15) is 6.33 Å². The summed E-state index contributed by atoms with van der Waals surface area (Å²) >= 11 is 1.74. The van der Waals surface area contributed by atoms with Crippen LogP contribution in [0.5, 0.6) is 0 Å². The lowest BCUT2D eigenvalue weighted by Crippen LogP contribution is -1.75. The summed E-state index contributed by atoms with van der Waals surface area (Å²) in [4.78, 5) is 15.3. The van der Waals surface area contributed by atoms with Gasteiger partial charge in [-0.2, -0.15) is 16.4 Å². The molecule has 0 aliphatic carbocycles. The molecule has 1 aromatic carbocycles. The van der Waals surface area contributed by atoms with Gasteiger partial charge in [0.15, 0.2) is 0 Å². The molecule has 6 rings (SSSR count). The summed E-state index contributed by atoms with van der Waals surface area (Å²) in [6.45, 7) is 60.2. The van der Waals surface area contributed by atoms with Crippen molar-refractivity contribution in [2.45, 2.75) is 208 Å². The third-order valence-corrected chi connectivity index (χ3v) is 5.39. The Morgan fingerprint density at radius 1 is 0.328 bits per heavy atom. The lowest BCUT2D eigenvalue weighted by atomic mass is 10.2. The Bertz CT molecular complexity index is 1130. The van der Waals surface area contributed by atoms with Crippen LogP contribution in [0.15, 0.2) is 127 Å². The van der Waals surface area contributed by atoms with Crippen molar-refractivity contribution in [2.24, 2.45) is 0 Å². The maximum absolute atomic E-state index is 3.88. The van der Waals surface area contributed by atoms with E-state index >= 15 is 0 Å². The number of benzene rings is 1. The molecule has 5 heterocycles. The minimum atomic E-state index is 1.10. The number of aromatic nitrogens is 6. The van der Waals surface area contributed by atoms with Crippen LogP contribution in [0.1, 0.15) is 200 Å². The molecule has 0 spiro atoms. The third kappa shape index (κ3) is 107. The monoisotopic (exact) mass is 913 g/mol. The van der Waals surface area contributed by atoms with Crippen LogP contribution in [0.4, 0.5) is 0 Å².